The van der Waals surface area contributed by atoms with E-state index in [1.807, 2.05) is 0 Å². The lowest BCUT2D eigenvalue weighted by Crippen LogP contribution is -2.42. The van der Waals surface area contributed by atoms with Crippen molar-refractivity contribution in [3.05, 3.63) is 0 Å². The molecule has 1 fully saturated rings. The van der Waals surface area contributed by atoms with Crippen molar-refractivity contribution in [3.8, 4) is 0 Å². The fourth-order valence-electron chi connectivity index (χ4n) is 2.26. The van der Waals surface area contributed by atoms with Crippen LogP contribution in [0, 0.1) is 5.41 Å². The number of rotatable bonds is 5. The first-order valence-electron chi connectivity index (χ1n) is 6.67. The number of sulfone groups is 1. The van der Waals surface area contributed by atoms with Crippen LogP contribution in [0.15, 0.2) is 0 Å². The zero-order valence-electron chi connectivity index (χ0n) is 11.6. The van der Waals surface area contributed by atoms with E-state index in [0.717, 1.165) is 38.6 Å². The van der Waals surface area contributed by atoms with Gasteiger partial charge in [-0.25, -0.2) is 8.42 Å². The molecule has 2 unspecified atom stereocenters. The SMILES string of the molecule is CCC(C)(C)CNC1CCCC(S(C)(=O)=O)C1. The summed E-state index contributed by atoms with van der Waals surface area (Å²) in [6.07, 6.45) is 6.29. The monoisotopic (exact) mass is 261 g/mol. The van der Waals surface area contributed by atoms with Crippen molar-refractivity contribution in [3.63, 3.8) is 0 Å². The first-order valence-corrected chi connectivity index (χ1v) is 8.62. The highest BCUT2D eigenvalue weighted by Gasteiger charge is 2.29. The molecule has 0 aromatic carbocycles. The van der Waals surface area contributed by atoms with Crippen LogP contribution in [0.3, 0.4) is 0 Å². The van der Waals surface area contributed by atoms with Crippen LogP contribution >= 0.6 is 0 Å². The summed E-state index contributed by atoms with van der Waals surface area (Å²) in [7, 11) is -2.86. The number of nitrogens with one attached hydrogen (secondary N) is 1. The number of hydrogen-bond acceptors (Lipinski definition) is 3. The van der Waals surface area contributed by atoms with Gasteiger partial charge in [-0.3, -0.25) is 0 Å². The highest BCUT2D eigenvalue weighted by Crippen LogP contribution is 2.25. The Morgan fingerprint density at radius 2 is 1.94 bits per heavy atom. The normalized spacial score (nSPS) is 27.1. The van der Waals surface area contributed by atoms with Crippen molar-refractivity contribution in [2.75, 3.05) is 12.8 Å². The van der Waals surface area contributed by atoms with Gasteiger partial charge in [-0.05, 0) is 31.1 Å². The zero-order valence-corrected chi connectivity index (χ0v) is 12.4. The van der Waals surface area contributed by atoms with Crippen molar-refractivity contribution in [2.45, 2.75) is 64.2 Å². The molecule has 4 heteroatoms. The minimum Gasteiger partial charge on any atom is -0.313 e. The second-order valence-electron chi connectivity index (χ2n) is 6.21. The predicted octanol–water partition coefficient (Wildman–Crippen LogP) is 2.37. The van der Waals surface area contributed by atoms with E-state index in [1.54, 1.807) is 0 Å². The molecule has 0 saturated heterocycles. The minimum absolute atomic E-state index is 0.126. The van der Waals surface area contributed by atoms with Gasteiger partial charge < -0.3 is 5.32 Å². The van der Waals surface area contributed by atoms with Gasteiger partial charge in [0.1, 0.15) is 9.84 Å². The van der Waals surface area contributed by atoms with Gasteiger partial charge in [-0.15, -0.1) is 0 Å². The Kier molecular flexibility index (Phi) is 5.02. The van der Waals surface area contributed by atoms with Crippen LogP contribution in [0.25, 0.3) is 0 Å². The van der Waals surface area contributed by atoms with E-state index in [9.17, 15) is 8.42 Å². The summed E-state index contributed by atoms with van der Waals surface area (Å²) >= 11 is 0. The van der Waals surface area contributed by atoms with Gasteiger partial charge in [0.15, 0.2) is 0 Å². The van der Waals surface area contributed by atoms with Crippen molar-refractivity contribution in [1.29, 1.82) is 0 Å². The minimum atomic E-state index is -2.86. The van der Waals surface area contributed by atoms with Crippen molar-refractivity contribution < 1.29 is 8.42 Å². The lowest BCUT2D eigenvalue weighted by Gasteiger charge is -2.32. The summed E-state index contributed by atoms with van der Waals surface area (Å²) in [5, 5.41) is 3.42. The summed E-state index contributed by atoms with van der Waals surface area (Å²) in [5.41, 5.74) is 0.304. The van der Waals surface area contributed by atoms with E-state index in [0.29, 0.717) is 11.5 Å². The predicted molar refractivity (Wildman–Crippen MR) is 73.0 cm³/mol. The Labute approximate surface area is 106 Å². The summed E-state index contributed by atoms with van der Waals surface area (Å²) in [6, 6.07) is 0.384. The van der Waals surface area contributed by atoms with Gasteiger partial charge in [-0.2, -0.15) is 0 Å². The smallest absolute Gasteiger partial charge is 0.150 e. The largest absolute Gasteiger partial charge is 0.313 e. The van der Waals surface area contributed by atoms with E-state index in [4.69, 9.17) is 0 Å². The van der Waals surface area contributed by atoms with Crippen molar-refractivity contribution in [1.82, 2.24) is 5.32 Å². The molecular weight excluding hydrogens is 234 g/mol. The van der Waals surface area contributed by atoms with E-state index in [-0.39, 0.29) is 5.25 Å². The summed E-state index contributed by atoms with van der Waals surface area (Å²) < 4.78 is 23.1. The molecule has 1 N–H and O–H groups in total. The topological polar surface area (TPSA) is 46.2 Å². The van der Waals surface area contributed by atoms with Gasteiger partial charge in [0.05, 0.1) is 5.25 Å². The van der Waals surface area contributed by atoms with Gasteiger partial charge in [0.25, 0.3) is 0 Å². The molecule has 1 aliphatic rings. The second-order valence-corrected chi connectivity index (χ2v) is 8.54. The first kappa shape index (κ1) is 15.0. The lowest BCUT2D eigenvalue weighted by molar-refractivity contribution is 0.281. The third-order valence-corrected chi connectivity index (χ3v) is 5.70. The van der Waals surface area contributed by atoms with Crippen LogP contribution in [-0.4, -0.2) is 32.5 Å². The Morgan fingerprint density at radius 1 is 1.29 bits per heavy atom. The second kappa shape index (κ2) is 5.70. The molecule has 1 aliphatic carbocycles. The summed E-state index contributed by atoms with van der Waals surface area (Å²) in [4.78, 5) is 0. The van der Waals surface area contributed by atoms with Gasteiger partial charge in [0, 0.05) is 18.8 Å². The van der Waals surface area contributed by atoms with Crippen LogP contribution < -0.4 is 5.32 Å². The van der Waals surface area contributed by atoms with Crippen LogP contribution in [0.2, 0.25) is 0 Å². The molecule has 0 aromatic rings. The third-order valence-electron chi connectivity index (χ3n) is 4.06. The molecule has 0 amide bonds. The highest BCUT2D eigenvalue weighted by molar-refractivity contribution is 7.91. The Balaban J connectivity index is 2.46. The molecule has 1 saturated carbocycles. The molecule has 1 rings (SSSR count). The average molecular weight is 261 g/mol. The molecule has 2 atom stereocenters. The van der Waals surface area contributed by atoms with Crippen molar-refractivity contribution >= 4 is 9.84 Å². The van der Waals surface area contributed by atoms with E-state index in [2.05, 4.69) is 26.1 Å². The quantitative estimate of drug-likeness (QED) is 0.826. The lowest BCUT2D eigenvalue weighted by atomic mass is 9.88. The third kappa shape index (κ3) is 4.96. The molecule has 0 bridgehead atoms. The maximum Gasteiger partial charge on any atom is 0.150 e. The fourth-order valence-corrected chi connectivity index (χ4v) is 3.44. The Hall–Kier alpha value is -0.0900. The molecule has 0 heterocycles. The maximum absolute atomic E-state index is 11.6. The molecule has 0 aliphatic heterocycles. The fraction of sp³-hybridized carbons (Fsp3) is 1.00. The van der Waals surface area contributed by atoms with E-state index < -0.39 is 9.84 Å². The molecular formula is C13H27NO2S. The van der Waals surface area contributed by atoms with E-state index >= 15 is 0 Å². The standard InChI is InChI=1S/C13H27NO2S/c1-5-13(2,3)10-14-11-7-6-8-12(9-11)17(4,15)16/h11-12,14H,5-10H2,1-4H3. The molecule has 3 nitrogen and oxygen atoms in total. The van der Waals surface area contributed by atoms with Crippen LogP contribution in [0.4, 0.5) is 0 Å². The van der Waals surface area contributed by atoms with E-state index in [1.165, 1.54) is 6.26 Å². The maximum atomic E-state index is 11.6. The van der Waals surface area contributed by atoms with Crippen LogP contribution in [0.1, 0.15) is 52.9 Å². The molecule has 0 spiro atoms. The van der Waals surface area contributed by atoms with Gasteiger partial charge >= 0.3 is 0 Å². The summed E-state index contributed by atoms with van der Waals surface area (Å²) in [6.45, 7) is 7.67. The molecule has 0 aromatic heterocycles. The Morgan fingerprint density at radius 3 is 2.47 bits per heavy atom. The molecule has 102 valence electrons. The van der Waals surface area contributed by atoms with Crippen LogP contribution in [-0.2, 0) is 9.84 Å². The van der Waals surface area contributed by atoms with Crippen molar-refractivity contribution in [2.24, 2.45) is 5.41 Å². The van der Waals surface area contributed by atoms with Gasteiger partial charge in [-0.1, -0.05) is 27.2 Å². The molecule has 17 heavy (non-hydrogen) atoms. The summed E-state index contributed by atoms with van der Waals surface area (Å²) in [5.74, 6) is 0. The average Bonchev–Trinajstić information content (AvgIpc) is 2.26. The molecule has 0 radical (unpaired) electrons. The number of hydrogen-bond donors (Lipinski definition) is 1. The highest BCUT2D eigenvalue weighted by atomic mass is 32.2. The van der Waals surface area contributed by atoms with Crippen LogP contribution in [0.5, 0.6) is 0 Å². The Bertz CT molecular complexity index is 335. The van der Waals surface area contributed by atoms with Gasteiger partial charge in [0.2, 0.25) is 0 Å². The first-order chi connectivity index (χ1) is 7.74. The zero-order chi connectivity index (χ0) is 13.1.